The Bertz CT molecular complexity index is 254. The highest BCUT2D eigenvalue weighted by molar-refractivity contribution is 5.94. The summed E-state index contributed by atoms with van der Waals surface area (Å²) < 4.78 is 0. The van der Waals surface area contributed by atoms with E-state index in [1.165, 1.54) is 0 Å². The summed E-state index contributed by atoms with van der Waals surface area (Å²) in [6.07, 6.45) is 4.96. The van der Waals surface area contributed by atoms with Gasteiger partial charge in [-0.2, -0.15) is 0 Å². The summed E-state index contributed by atoms with van der Waals surface area (Å²) in [5.41, 5.74) is -0.111. The SMILES string of the molecule is CC1(NC(=O)/C=C/C(=O)O)CCC1. The molecule has 1 amide bonds. The third-order valence-electron chi connectivity index (χ3n) is 2.26. The predicted molar refractivity (Wildman–Crippen MR) is 47.2 cm³/mol. The highest BCUT2D eigenvalue weighted by atomic mass is 16.4. The van der Waals surface area contributed by atoms with Gasteiger partial charge in [0, 0.05) is 17.7 Å². The average Bonchev–Trinajstić information content (AvgIpc) is 1.98. The molecule has 4 nitrogen and oxygen atoms in total. The summed E-state index contributed by atoms with van der Waals surface area (Å²) in [4.78, 5) is 21.2. The molecule has 0 radical (unpaired) electrons. The smallest absolute Gasteiger partial charge is 0.328 e. The Morgan fingerprint density at radius 3 is 2.38 bits per heavy atom. The van der Waals surface area contributed by atoms with Gasteiger partial charge in [0.1, 0.15) is 0 Å². The van der Waals surface area contributed by atoms with Gasteiger partial charge in [0.15, 0.2) is 0 Å². The van der Waals surface area contributed by atoms with Crippen molar-refractivity contribution in [2.24, 2.45) is 0 Å². The number of carbonyl (C=O) groups is 2. The number of rotatable bonds is 3. The van der Waals surface area contributed by atoms with Crippen molar-refractivity contribution in [3.8, 4) is 0 Å². The molecule has 1 fully saturated rings. The molecule has 4 heteroatoms. The quantitative estimate of drug-likeness (QED) is 0.632. The number of hydrogen-bond donors (Lipinski definition) is 2. The molecule has 1 rings (SSSR count). The van der Waals surface area contributed by atoms with Gasteiger partial charge in [-0.1, -0.05) is 0 Å². The van der Waals surface area contributed by atoms with Crippen molar-refractivity contribution in [1.29, 1.82) is 0 Å². The summed E-state index contributed by atoms with van der Waals surface area (Å²) in [5, 5.41) is 11.0. The maximum atomic E-state index is 11.1. The van der Waals surface area contributed by atoms with Crippen LogP contribution in [0.4, 0.5) is 0 Å². The zero-order valence-corrected chi connectivity index (χ0v) is 7.54. The number of aliphatic carboxylic acids is 1. The van der Waals surface area contributed by atoms with Crippen molar-refractivity contribution in [3.05, 3.63) is 12.2 Å². The molecule has 0 atom stereocenters. The van der Waals surface area contributed by atoms with Gasteiger partial charge in [-0.15, -0.1) is 0 Å². The first-order valence-corrected chi connectivity index (χ1v) is 4.25. The van der Waals surface area contributed by atoms with Crippen LogP contribution in [0.15, 0.2) is 12.2 Å². The highest BCUT2D eigenvalue weighted by Gasteiger charge is 2.32. The molecule has 0 aliphatic heterocycles. The Labute approximate surface area is 76.6 Å². The minimum atomic E-state index is -1.10. The normalized spacial score (nSPS) is 19.5. The van der Waals surface area contributed by atoms with Crippen LogP contribution >= 0.6 is 0 Å². The molecule has 0 aromatic rings. The second-order valence-electron chi connectivity index (χ2n) is 3.58. The largest absolute Gasteiger partial charge is 0.478 e. The molecule has 0 unspecified atom stereocenters. The summed E-state index contributed by atoms with van der Waals surface area (Å²) in [6, 6.07) is 0. The molecule has 0 aromatic heterocycles. The first-order valence-electron chi connectivity index (χ1n) is 4.25. The number of carboxylic acids is 1. The summed E-state index contributed by atoms with van der Waals surface area (Å²) in [7, 11) is 0. The van der Waals surface area contributed by atoms with Crippen LogP contribution in [0.3, 0.4) is 0 Å². The zero-order valence-electron chi connectivity index (χ0n) is 7.54. The molecule has 13 heavy (non-hydrogen) atoms. The van der Waals surface area contributed by atoms with Gasteiger partial charge >= 0.3 is 5.97 Å². The van der Waals surface area contributed by atoms with Crippen molar-refractivity contribution in [2.45, 2.75) is 31.7 Å². The number of amides is 1. The third kappa shape index (κ3) is 2.89. The van der Waals surface area contributed by atoms with Crippen LogP contribution in [0.1, 0.15) is 26.2 Å². The molecule has 1 aliphatic rings. The van der Waals surface area contributed by atoms with Crippen molar-refractivity contribution in [1.82, 2.24) is 5.32 Å². The minimum Gasteiger partial charge on any atom is -0.478 e. The fourth-order valence-electron chi connectivity index (χ4n) is 1.32. The van der Waals surface area contributed by atoms with E-state index in [2.05, 4.69) is 5.32 Å². The van der Waals surface area contributed by atoms with E-state index in [1.807, 2.05) is 6.92 Å². The predicted octanol–water partition coefficient (Wildman–Crippen LogP) is 0.686. The Kier molecular flexibility index (Phi) is 2.70. The lowest BCUT2D eigenvalue weighted by atomic mass is 9.78. The fraction of sp³-hybridized carbons (Fsp3) is 0.556. The van der Waals surface area contributed by atoms with Crippen LogP contribution in [0.25, 0.3) is 0 Å². The van der Waals surface area contributed by atoms with Gasteiger partial charge in [-0.25, -0.2) is 4.79 Å². The van der Waals surface area contributed by atoms with Gasteiger partial charge in [-0.3, -0.25) is 4.79 Å². The van der Waals surface area contributed by atoms with Crippen LogP contribution in [-0.4, -0.2) is 22.5 Å². The highest BCUT2D eigenvalue weighted by Crippen LogP contribution is 2.30. The van der Waals surface area contributed by atoms with Gasteiger partial charge in [0.25, 0.3) is 0 Å². The molecular weight excluding hydrogens is 170 g/mol. The fourth-order valence-corrected chi connectivity index (χ4v) is 1.32. The van der Waals surface area contributed by atoms with Crippen molar-refractivity contribution in [3.63, 3.8) is 0 Å². The van der Waals surface area contributed by atoms with E-state index in [0.717, 1.165) is 31.4 Å². The van der Waals surface area contributed by atoms with Gasteiger partial charge in [-0.05, 0) is 26.2 Å². The van der Waals surface area contributed by atoms with Crippen LogP contribution in [0.2, 0.25) is 0 Å². The molecule has 0 aromatic carbocycles. The van der Waals surface area contributed by atoms with Crippen LogP contribution < -0.4 is 5.32 Å². The maximum absolute atomic E-state index is 11.1. The second-order valence-corrected chi connectivity index (χ2v) is 3.58. The maximum Gasteiger partial charge on any atom is 0.328 e. The number of hydrogen-bond acceptors (Lipinski definition) is 2. The molecule has 0 spiro atoms. The molecule has 1 aliphatic carbocycles. The topological polar surface area (TPSA) is 66.4 Å². The standard InChI is InChI=1S/C9H13NO3/c1-9(5-2-6-9)10-7(11)3-4-8(12)13/h3-4H,2,5-6H2,1H3,(H,10,11)(H,12,13)/b4-3+. The molecule has 0 heterocycles. The summed E-state index contributed by atoms with van der Waals surface area (Å²) >= 11 is 0. The van der Waals surface area contributed by atoms with E-state index in [0.29, 0.717) is 0 Å². The number of carbonyl (C=O) groups excluding carboxylic acids is 1. The first-order chi connectivity index (χ1) is 6.02. The summed E-state index contributed by atoms with van der Waals surface area (Å²) in [6.45, 7) is 1.96. The molecule has 0 bridgehead atoms. The third-order valence-corrected chi connectivity index (χ3v) is 2.26. The molecule has 1 saturated carbocycles. The van der Waals surface area contributed by atoms with E-state index in [1.54, 1.807) is 0 Å². The van der Waals surface area contributed by atoms with Crippen molar-refractivity contribution >= 4 is 11.9 Å². The van der Waals surface area contributed by atoms with Crippen LogP contribution in [-0.2, 0) is 9.59 Å². The lowest BCUT2D eigenvalue weighted by Crippen LogP contribution is -2.50. The van der Waals surface area contributed by atoms with Gasteiger partial charge in [0.2, 0.25) is 5.91 Å². The number of carboxylic acid groups (broad SMARTS) is 1. The Morgan fingerprint density at radius 1 is 1.38 bits per heavy atom. The summed E-state index contributed by atoms with van der Waals surface area (Å²) in [5.74, 6) is -1.43. The van der Waals surface area contributed by atoms with Gasteiger partial charge in [0.05, 0.1) is 0 Å². The van der Waals surface area contributed by atoms with E-state index in [9.17, 15) is 9.59 Å². The monoisotopic (exact) mass is 183 g/mol. The minimum absolute atomic E-state index is 0.111. The molecule has 2 N–H and O–H groups in total. The van der Waals surface area contributed by atoms with E-state index >= 15 is 0 Å². The van der Waals surface area contributed by atoms with Crippen molar-refractivity contribution < 1.29 is 14.7 Å². The molecule has 0 saturated heterocycles. The Hall–Kier alpha value is -1.32. The first kappa shape index (κ1) is 9.77. The zero-order chi connectivity index (χ0) is 9.90. The lowest BCUT2D eigenvalue weighted by Gasteiger charge is -2.38. The van der Waals surface area contributed by atoms with E-state index < -0.39 is 5.97 Å². The van der Waals surface area contributed by atoms with E-state index in [4.69, 9.17) is 5.11 Å². The van der Waals surface area contributed by atoms with Crippen LogP contribution in [0.5, 0.6) is 0 Å². The van der Waals surface area contributed by atoms with Gasteiger partial charge < -0.3 is 10.4 Å². The Balaban J connectivity index is 2.37. The van der Waals surface area contributed by atoms with Crippen molar-refractivity contribution in [2.75, 3.05) is 0 Å². The van der Waals surface area contributed by atoms with E-state index in [-0.39, 0.29) is 11.4 Å². The second kappa shape index (κ2) is 3.60. The molecule has 72 valence electrons. The molecular formula is C9H13NO3. The number of nitrogens with one attached hydrogen (secondary N) is 1. The Morgan fingerprint density at radius 2 is 2.00 bits per heavy atom. The average molecular weight is 183 g/mol. The lowest BCUT2D eigenvalue weighted by molar-refractivity contribution is -0.131. The van der Waals surface area contributed by atoms with Crippen LogP contribution in [0, 0.1) is 0 Å².